The fourth-order valence-electron chi connectivity index (χ4n) is 2.23. The molecule has 3 rings (SSSR count). The zero-order chi connectivity index (χ0) is 18.0. The Morgan fingerprint density at radius 3 is 2.72 bits per heavy atom. The molecule has 0 atom stereocenters. The highest BCUT2D eigenvalue weighted by Crippen LogP contribution is 2.29. The van der Waals surface area contributed by atoms with Crippen molar-refractivity contribution in [3.8, 4) is 5.75 Å². The lowest BCUT2D eigenvalue weighted by Gasteiger charge is -2.10. The number of pyridine rings is 1. The normalized spacial score (nSPS) is 11.3. The first-order valence-corrected chi connectivity index (χ1v) is 8.56. The largest absolute Gasteiger partial charge is 0.497 e. The summed E-state index contributed by atoms with van der Waals surface area (Å²) in [5.41, 5.74) is 0.678. The summed E-state index contributed by atoms with van der Waals surface area (Å²) in [6, 6.07) is 9.16. The zero-order valence-electron chi connectivity index (χ0n) is 13.3. The standard InChI is InChI=1S/C16H14N2O6S/c1-22-11-8-10-4-3-7-17-15(10)12(9-11)18-25(20,21)14-6-5-13(24-14)16(19)23-2/h3-9,18H,1-2H3. The molecule has 2 heterocycles. The Kier molecular flexibility index (Phi) is 4.32. The van der Waals surface area contributed by atoms with Gasteiger partial charge in [-0.15, -0.1) is 0 Å². The Balaban J connectivity index is 2.02. The number of fused-ring (bicyclic) bond motifs is 1. The molecule has 3 aromatic rings. The summed E-state index contributed by atoms with van der Waals surface area (Å²) in [7, 11) is -1.42. The Morgan fingerprint density at radius 1 is 1.20 bits per heavy atom. The van der Waals surface area contributed by atoms with E-state index in [0.29, 0.717) is 16.7 Å². The van der Waals surface area contributed by atoms with Gasteiger partial charge < -0.3 is 13.9 Å². The predicted octanol–water partition coefficient (Wildman–Crippen LogP) is 2.42. The number of esters is 1. The van der Waals surface area contributed by atoms with Crippen LogP contribution in [-0.2, 0) is 14.8 Å². The highest BCUT2D eigenvalue weighted by Gasteiger charge is 2.23. The van der Waals surface area contributed by atoms with Gasteiger partial charge in [-0.2, -0.15) is 8.42 Å². The zero-order valence-corrected chi connectivity index (χ0v) is 14.2. The number of hydrogen-bond donors (Lipinski definition) is 1. The van der Waals surface area contributed by atoms with Gasteiger partial charge in [0.25, 0.3) is 10.0 Å². The van der Waals surface area contributed by atoms with Crippen LogP contribution in [0.15, 0.2) is 52.1 Å². The molecular formula is C16H14N2O6S. The van der Waals surface area contributed by atoms with Gasteiger partial charge in [-0.1, -0.05) is 6.07 Å². The molecule has 0 amide bonds. The van der Waals surface area contributed by atoms with Crippen LogP contribution in [-0.4, -0.2) is 33.6 Å². The van der Waals surface area contributed by atoms with Gasteiger partial charge in [-0.3, -0.25) is 9.71 Å². The maximum absolute atomic E-state index is 12.5. The Labute approximate surface area is 143 Å². The van der Waals surface area contributed by atoms with Crippen molar-refractivity contribution in [2.24, 2.45) is 0 Å². The number of rotatable bonds is 5. The molecule has 0 fully saturated rings. The molecule has 2 aromatic heterocycles. The van der Waals surface area contributed by atoms with Crippen LogP contribution in [0.25, 0.3) is 10.9 Å². The van der Waals surface area contributed by atoms with Gasteiger partial charge in [0.2, 0.25) is 10.9 Å². The van der Waals surface area contributed by atoms with Crippen molar-refractivity contribution >= 4 is 32.6 Å². The summed E-state index contributed by atoms with van der Waals surface area (Å²) in [6.45, 7) is 0. The van der Waals surface area contributed by atoms with Crippen LogP contribution in [0.2, 0.25) is 0 Å². The minimum atomic E-state index is -4.07. The summed E-state index contributed by atoms with van der Waals surface area (Å²) in [5.74, 6) is -0.514. The van der Waals surface area contributed by atoms with Crippen molar-refractivity contribution in [2.45, 2.75) is 5.09 Å². The molecule has 9 heteroatoms. The van der Waals surface area contributed by atoms with E-state index in [9.17, 15) is 13.2 Å². The summed E-state index contributed by atoms with van der Waals surface area (Å²) >= 11 is 0. The first-order chi connectivity index (χ1) is 11.9. The van der Waals surface area contributed by atoms with Crippen molar-refractivity contribution in [2.75, 3.05) is 18.9 Å². The van der Waals surface area contributed by atoms with E-state index in [4.69, 9.17) is 9.15 Å². The molecule has 0 aliphatic rings. The van der Waals surface area contributed by atoms with Crippen molar-refractivity contribution in [3.05, 3.63) is 48.4 Å². The quantitative estimate of drug-likeness (QED) is 0.694. The average Bonchev–Trinajstić information content (AvgIpc) is 3.11. The van der Waals surface area contributed by atoms with E-state index in [-0.39, 0.29) is 11.4 Å². The number of furan rings is 1. The number of methoxy groups -OCH3 is 2. The second-order valence-electron chi connectivity index (χ2n) is 4.97. The monoisotopic (exact) mass is 362 g/mol. The molecule has 130 valence electrons. The summed E-state index contributed by atoms with van der Waals surface area (Å²) in [5, 5.41) is 0.286. The van der Waals surface area contributed by atoms with Crippen molar-refractivity contribution in [1.29, 1.82) is 0 Å². The first kappa shape index (κ1) is 16.8. The van der Waals surface area contributed by atoms with E-state index in [1.165, 1.54) is 32.4 Å². The van der Waals surface area contributed by atoms with Gasteiger partial charge in [-0.05, 0) is 24.3 Å². The lowest BCUT2D eigenvalue weighted by atomic mass is 10.2. The Morgan fingerprint density at radius 2 is 2.00 bits per heavy atom. The molecule has 0 saturated heterocycles. The minimum Gasteiger partial charge on any atom is -0.497 e. The molecule has 0 radical (unpaired) electrons. The maximum Gasteiger partial charge on any atom is 0.374 e. The molecule has 0 saturated carbocycles. The molecule has 25 heavy (non-hydrogen) atoms. The van der Waals surface area contributed by atoms with Crippen LogP contribution in [0.1, 0.15) is 10.6 Å². The number of anilines is 1. The third kappa shape index (κ3) is 3.26. The number of carbonyl (C=O) groups is 1. The van der Waals surface area contributed by atoms with E-state index < -0.39 is 21.1 Å². The molecule has 1 N–H and O–H groups in total. The number of hydrogen-bond acceptors (Lipinski definition) is 7. The van der Waals surface area contributed by atoms with E-state index >= 15 is 0 Å². The SMILES string of the molecule is COC(=O)c1ccc(S(=O)(=O)Nc2cc(OC)cc3cccnc23)o1. The highest BCUT2D eigenvalue weighted by molar-refractivity contribution is 7.92. The average molecular weight is 362 g/mol. The molecule has 8 nitrogen and oxygen atoms in total. The summed E-state index contributed by atoms with van der Waals surface area (Å²) in [4.78, 5) is 15.6. The van der Waals surface area contributed by atoms with Crippen LogP contribution in [0.4, 0.5) is 5.69 Å². The molecule has 0 bridgehead atoms. The molecule has 0 aliphatic carbocycles. The lowest BCUT2D eigenvalue weighted by molar-refractivity contribution is 0.0559. The number of sulfonamides is 1. The number of carbonyl (C=O) groups excluding carboxylic acids is 1. The van der Waals surface area contributed by atoms with Gasteiger partial charge in [0.05, 0.1) is 25.4 Å². The smallest absolute Gasteiger partial charge is 0.374 e. The fourth-order valence-corrected chi connectivity index (χ4v) is 3.22. The second kappa shape index (κ2) is 6.44. The van der Waals surface area contributed by atoms with Gasteiger partial charge >= 0.3 is 5.97 Å². The molecule has 0 spiro atoms. The topological polar surface area (TPSA) is 108 Å². The van der Waals surface area contributed by atoms with Crippen molar-refractivity contribution in [3.63, 3.8) is 0 Å². The molecule has 1 aromatic carbocycles. The molecule has 0 aliphatic heterocycles. The van der Waals surface area contributed by atoms with E-state index in [1.807, 2.05) is 0 Å². The maximum atomic E-state index is 12.5. The van der Waals surface area contributed by atoms with Crippen LogP contribution in [0, 0.1) is 0 Å². The number of benzene rings is 1. The number of nitrogens with one attached hydrogen (secondary N) is 1. The Bertz CT molecular complexity index is 1040. The van der Waals surface area contributed by atoms with Crippen LogP contribution in [0.5, 0.6) is 5.75 Å². The van der Waals surface area contributed by atoms with E-state index in [2.05, 4.69) is 14.4 Å². The Hall–Kier alpha value is -3.07. The number of nitrogens with zero attached hydrogens (tertiary/aromatic N) is 1. The molecule has 0 unspecified atom stereocenters. The van der Waals surface area contributed by atoms with E-state index in [0.717, 1.165) is 0 Å². The summed E-state index contributed by atoms with van der Waals surface area (Å²) < 4.78 is 42.2. The highest BCUT2D eigenvalue weighted by atomic mass is 32.2. The van der Waals surface area contributed by atoms with Gasteiger partial charge in [0.15, 0.2) is 0 Å². The predicted molar refractivity (Wildman–Crippen MR) is 89.2 cm³/mol. The number of aromatic nitrogens is 1. The van der Waals surface area contributed by atoms with Gasteiger partial charge in [0.1, 0.15) is 5.75 Å². The third-order valence-electron chi connectivity index (χ3n) is 3.39. The van der Waals surface area contributed by atoms with Gasteiger partial charge in [-0.25, -0.2) is 4.79 Å². The number of ether oxygens (including phenoxy) is 2. The fraction of sp³-hybridized carbons (Fsp3) is 0.125. The lowest BCUT2D eigenvalue weighted by Crippen LogP contribution is -2.13. The van der Waals surface area contributed by atoms with Gasteiger partial charge in [0, 0.05) is 17.6 Å². The van der Waals surface area contributed by atoms with Crippen LogP contribution < -0.4 is 9.46 Å². The molecular weight excluding hydrogens is 348 g/mol. The minimum absolute atomic E-state index is 0.212. The summed E-state index contributed by atoms with van der Waals surface area (Å²) in [6.07, 6.45) is 1.55. The van der Waals surface area contributed by atoms with Crippen molar-refractivity contribution < 1.29 is 27.1 Å². The van der Waals surface area contributed by atoms with Crippen molar-refractivity contribution in [1.82, 2.24) is 4.98 Å². The van der Waals surface area contributed by atoms with Crippen LogP contribution >= 0.6 is 0 Å². The van der Waals surface area contributed by atoms with Crippen LogP contribution in [0.3, 0.4) is 0 Å². The second-order valence-corrected chi connectivity index (χ2v) is 6.58. The third-order valence-corrected chi connectivity index (χ3v) is 4.63. The van der Waals surface area contributed by atoms with E-state index in [1.54, 1.807) is 24.4 Å². The first-order valence-electron chi connectivity index (χ1n) is 7.08.